The smallest absolute Gasteiger partial charge is 0.246 e. The zero-order valence-corrected chi connectivity index (χ0v) is 14.2. The normalized spacial score (nSPS) is 26.5. The number of fused-ring (bicyclic) bond motifs is 1. The lowest BCUT2D eigenvalue weighted by Crippen LogP contribution is -2.44. The van der Waals surface area contributed by atoms with E-state index in [0.29, 0.717) is 29.7 Å². The predicted molar refractivity (Wildman–Crippen MR) is 86.6 cm³/mol. The summed E-state index contributed by atoms with van der Waals surface area (Å²) in [6.07, 6.45) is 5.98. The molecule has 0 N–H and O–H groups in total. The third kappa shape index (κ3) is 2.88. The van der Waals surface area contributed by atoms with Crippen LogP contribution in [0.5, 0.6) is 5.75 Å². The number of hydrogen-bond donors (Lipinski definition) is 0. The molecule has 2 fully saturated rings. The minimum absolute atomic E-state index is 0.309. The number of ether oxygens (including phenoxy) is 1. The maximum Gasteiger partial charge on any atom is 0.246 e. The Morgan fingerprint density at radius 1 is 1.14 bits per heavy atom. The van der Waals surface area contributed by atoms with Gasteiger partial charge in [0.05, 0.1) is 7.11 Å². The molecule has 1 heterocycles. The molecule has 0 amide bonds. The van der Waals surface area contributed by atoms with Crippen molar-refractivity contribution in [1.82, 2.24) is 4.31 Å². The Labute approximate surface area is 133 Å². The predicted octanol–water partition coefficient (Wildman–Crippen LogP) is 3.20. The molecule has 0 aromatic heterocycles. The van der Waals surface area contributed by atoms with Crippen molar-refractivity contribution in [2.24, 2.45) is 11.8 Å². The summed E-state index contributed by atoms with van der Waals surface area (Å²) < 4.78 is 33.0. The molecule has 122 valence electrons. The molecule has 0 spiro atoms. The molecule has 22 heavy (non-hydrogen) atoms. The largest absolute Gasteiger partial charge is 0.495 e. The summed E-state index contributed by atoms with van der Waals surface area (Å²) in [6.45, 7) is 3.22. The Kier molecular flexibility index (Phi) is 4.46. The van der Waals surface area contributed by atoms with Crippen LogP contribution in [0.1, 0.15) is 37.7 Å². The van der Waals surface area contributed by atoms with Crippen LogP contribution in [0.3, 0.4) is 0 Å². The molecule has 1 aromatic rings. The highest BCUT2D eigenvalue weighted by molar-refractivity contribution is 7.89. The molecule has 5 heteroatoms. The van der Waals surface area contributed by atoms with Crippen LogP contribution in [0, 0.1) is 18.8 Å². The zero-order chi connectivity index (χ0) is 15.7. The van der Waals surface area contributed by atoms with Gasteiger partial charge in [0.25, 0.3) is 0 Å². The summed E-state index contributed by atoms with van der Waals surface area (Å²) in [7, 11) is -1.94. The first kappa shape index (κ1) is 15.8. The van der Waals surface area contributed by atoms with Gasteiger partial charge >= 0.3 is 0 Å². The second kappa shape index (κ2) is 6.20. The zero-order valence-electron chi connectivity index (χ0n) is 13.4. The van der Waals surface area contributed by atoms with Gasteiger partial charge in [-0.05, 0) is 49.3 Å². The standard InChI is InChI=1S/C17H25NO3S/c1-13-7-8-16(21-2)17(11-13)22(19,20)18-10-9-14-5-3-4-6-15(14)12-18/h7-8,11,14-15H,3-6,9-10,12H2,1-2H3/t14-,15+/m0/s1. The van der Waals surface area contributed by atoms with E-state index >= 15 is 0 Å². The number of benzene rings is 1. The highest BCUT2D eigenvalue weighted by Gasteiger charge is 2.37. The van der Waals surface area contributed by atoms with E-state index in [1.54, 1.807) is 16.4 Å². The second-order valence-corrected chi connectivity index (χ2v) is 8.52. The number of sulfonamides is 1. The Morgan fingerprint density at radius 2 is 1.86 bits per heavy atom. The second-order valence-electron chi connectivity index (χ2n) is 6.61. The highest BCUT2D eigenvalue weighted by atomic mass is 32.2. The van der Waals surface area contributed by atoms with Crippen LogP contribution in [0.25, 0.3) is 0 Å². The first-order valence-corrected chi connectivity index (χ1v) is 9.61. The fraction of sp³-hybridized carbons (Fsp3) is 0.647. The van der Waals surface area contributed by atoms with Gasteiger partial charge in [0.1, 0.15) is 10.6 Å². The van der Waals surface area contributed by atoms with E-state index in [1.165, 1.54) is 32.8 Å². The first-order valence-electron chi connectivity index (χ1n) is 8.17. The summed E-state index contributed by atoms with van der Waals surface area (Å²) >= 11 is 0. The van der Waals surface area contributed by atoms with Gasteiger partial charge in [-0.1, -0.05) is 25.3 Å². The molecular weight excluding hydrogens is 298 g/mol. The van der Waals surface area contributed by atoms with Gasteiger partial charge in [0, 0.05) is 13.1 Å². The van der Waals surface area contributed by atoms with Crippen LogP contribution in [-0.2, 0) is 10.0 Å². The summed E-state index contributed by atoms with van der Waals surface area (Å²) in [5.74, 6) is 1.70. The van der Waals surface area contributed by atoms with Crippen LogP contribution >= 0.6 is 0 Å². The van der Waals surface area contributed by atoms with E-state index in [4.69, 9.17) is 4.74 Å². The summed E-state index contributed by atoms with van der Waals surface area (Å²) in [5, 5.41) is 0. The fourth-order valence-electron chi connectivity index (χ4n) is 3.91. The number of nitrogens with zero attached hydrogens (tertiary/aromatic N) is 1. The van der Waals surface area contributed by atoms with Crippen LogP contribution in [-0.4, -0.2) is 32.9 Å². The van der Waals surface area contributed by atoms with Crippen molar-refractivity contribution in [3.63, 3.8) is 0 Å². The van der Waals surface area contributed by atoms with Crippen molar-refractivity contribution in [3.8, 4) is 5.75 Å². The quantitative estimate of drug-likeness (QED) is 0.858. The van der Waals surface area contributed by atoms with E-state index in [0.717, 1.165) is 17.9 Å². The molecule has 0 bridgehead atoms. The van der Waals surface area contributed by atoms with Crippen molar-refractivity contribution in [2.45, 2.75) is 43.9 Å². The Morgan fingerprint density at radius 3 is 2.59 bits per heavy atom. The molecular formula is C17H25NO3S. The molecule has 0 radical (unpaired) electrons. The molecule has 1 aliphatic carbocycles. The number of rotatable bonds is 3. The van der Waals surface area contributed by atoms with Crippen LogP contribution in [0.15, 0.2) is 23.1 Å². The Hall–Kier alpha value is -1.07. The molecule has 1 aromatic carbocycles. The van der Waals surface area contributed by atoms with Crippen LogP contribution in [0.4, 0.5) is 0 Å². The van der Waals surface area contributed by atoms with Gasteiger partial charge in [-0.3, -0.25) is 0 Å². The molecule has 3 rings (SSSR count). The van der Waals surface area contributed by atoms with Crippen molar-refractivity contribution in [2.75, 3.05) is 20.2 Å². The summed E-state index contributed by atoms with van der Waals surface area (Å²) in [5.41, 5.74) is 0.937. The SMILES string of the molecule is COc1ccc(C)cc1S(=O)(=O)N1CC[C@@H]2CCCC[C@@H]2C1. The van der Waals surface area contributed by atoms with E-state index < -0.39 is 10.0 Å². The van der Waals surface area contributed by atoms with Crippen LogP contribution in [0.2, 0.25) is 0 Å². The minimum Gasteiger partial charge on any atom is -0.495 e. The van der Waals surface area contributed by atoms with Gasteiger partial charge in [0.2, 0.25) is 10.0 Å². The fourth-order valence-corrected chi connectivity index (χ4v) is 5.66. The van der Waals surface area contributed by atoms with E-state index in [-0.39, 0.29) is 0 Å². The van der Waals surface area contributed by atoms with E-state index in [2.05, 4.69) is 0 Å². The molecule has 2 aliphatic rings. The monoisotopic (exact) mass is 323 g/mol. The van der Waals surface area contributed by atoms with Crippen molar-refractivity contribution < 1.29 is 13.2 Å². The summed E-state index contributed by atoms with van der Waals surface area (Å²) in [4.78, 5) is 0.309. The van der Waals surface area contributed by atoms with Gasteiger partial charge in [-0.15, -0.1) is 0 Å². The maximum atomic E-state index is 13.0. The molecule has 1 saturated carbocycles. The average Bonchev–Trinajstić information content (AvgIpc) is 2.54. The Bertz CT molecular complexity index is 641. The van der Waals surface area contributed by atoms with Gasteiger partial charge in [0.15, 0.2) is 0 Å². The average molecular weight is 323 g/mol. The lowest BCUT2D eigenvalue weighted by molar-refractivity contribution is 0.136. The number of methoxy groups -OCH3 is 1. The van der Waals surface area contributed by atoms with E-state index in [9.17, 15) is 8.42 Å². The molecule has 1 aliphatic heterocycles. The molecule has 1 saturated heterocycles. The lowest BCUT2D eigenvalue weighted by atomic mass is 9.76. The minimum atomic E-state index is -3.47. The van der Waals surface area contributed by atoms with Crippen molar-refractivity contribution in [3.05, 3.63) is 23.8 Å². The van der Waals surface area contributed by atoms with E-state index in [1.807, 2.05) is 13.0 Å². The molecule has 2 atom stereocenters. The highest BCUT2D eigenvalue weighted by Crippen LogP contribution is 2.38. The van der Waals surface area contributed by atoms with Gasteiger partial charge in [-0.25, -0.2) is 8.42 Å². The third-order valence-electron chi connectivity index (χ3n) is 5.19. The van der Waals surface area contributed by atoms with Crippen molar-refractivity contribution in [1.29, 1.82) is 0 Å². The topological polar surface area (TPSA) is 46.6 Å². The maximum absolute atomic E-state index is 13.0. The summed E-state index contributed by atoms with van der Waals surface area (Å²) in [6, 6.07) is 5.35. The lowest BCUT2D eigenvalue weighted by Gasteiger charge is -2.40. The third-order valence-corrected chi connectivity index (χ3v) is 7.08. The number of piperidine rings is 1. The number of aryl methyl sites for hydroxylation is 1. The van der Waals surface area contributed by atoms with Crippen molar-refractivity contribution >= 4 is 10.0 Å². The molecule has 0 unspecified atom stereocenters. The van der Waals surface area contributed by atoms with Gasteiger partial charge in [-0.2, -0.15) is 4.31 Å². The Balaban J connectivity index is 1.88. The number of hydrogen-bond acceptors (Lipinski definition) is 3. The first-order chi connectivity index (χ1) is 10.5. The van der Waals surface area contributed by atoms with Crippen LogP contribution < -0.4 is 4.74 Å². The van der Waals surface area contributed by atoms with Gasteiger partial charge < -0.3 is 4.74 Å². The molecule has 4 nitrogen and oxygen atoms in total.